The molecule has 0 spiro atoms. The molecule has 0 saturated carbocycles. The van der Waals surface area contributed by atoms with E-state index in [2.05, 4.69) is 15.2 Å². The molecule has 0 atom stereocenters. The van der Waals surface area contributed by atoms with E-state index in [1.165, 1.54) is 0 Å². The summed E-state index contributed by atoms with van der Waals surface area (Å²) in [5.41, 5.74) is 0. The third-order valence-electron chi connectivity index (χ3n) is 3.24. The van der Waals surface area contributed by atoms with Crippen LogP contribution in [0.15, 0.2) is 18.3 Å². The summed E-state index contributed by atoms with van der Waals surface area (Å²) in [7, 11) is 3.43. The molecule has 1 fully saturated rings. The van der Waals surface area contributed by atoms with Crippen LogP contribution in [0.3, 0.4) is 0 Å². The Kier molecular flexibility index (Phi) is 6.54. The molecule has 2 heterocycles. The number of nitrogens with zero attached hydrogens (tertiary/aromatic N) is 3. The highest BCUT2D eigenvalue weighted by Crippen LogP contribution is 2.19. The Bertz CT molecular complexity index is 436. The monoisotopic (exact) mass is 300 g/mol. The molecule has 0 bridgehead atoms. The SMILES string of the molecule is CNCC(=O)N1CCN(c2cc(OC)ccn2)CC1.Cl. The summed E-state index contributed by atoms with van der Waals surface area (Å²) >= 11 is 0. The van der Waals surface area contributed by atoms with Gasteiger partial charge in [0.25, 0.3) is 0 Å². The average molecular weight is 301 g/mol. The van der Waals surface area contributed by atoms with Crippen LogP contribution in [0.25, 0.3) is 0 Å². The van der Waals surface area contributed by atoms with Crippen molar-refractivity contribution in [3.63, 3.8) is 0 Å². The minimum atomic E-state index is 0. The van der Waals surface area contributed by atoms with E-state index in [4.69, 9.17) is 4.74 Å². The Labute approximate surface area is 125 Å². The first-order chi connectivity index (χ1) is 9.24. The molecule has 0 aliphatic carbocycles. The van der Waals surface area contributed by atoms with Gasteiger partial charge in [0, 0.05) is 38.4 Å². The molecule has 0 aromatic carbocycles. The van der Waals surface area contributed by atoms with Crippen LogP contribution in [0.4, 0.5) is 5.82 Å². The van der Waals surface area contributed by atoms with Crippen molar-refractivity contribution in [2.24, 2.45) is 0 Å². The number of likely N-dealkylation sites (N-methyl/N-ethyl adjacent to an activating group) is 1. The molecule has 1 aromatic rings. The lowest BCUT2D eigenvalue weighted by Gasteiger charge is -2.35. The number of carbonyl (C=O) groups is 1. The topological polar surface area (TPSA) is 57.7 Å². The van der Waals surface area contributed by atoms with E-state index in [0.29, 0.717) is 6.54 Å². The predicted octanol–water partition coefficient (Wildman–Crippen LogP) is 0.380. The Morgan fingerprint density at radius 3 is 2.70 bits per heavy atom. The van der Waals surface area contributed by atoms with Gasteiger partial charge in [0.15, 0.2) is 0 Å². The number of rotatable bonds is 4. The number of anilines is 1. The Morgan fingerprint density at radius 1 is 1.40 bits per heavy atom. The second-order valence-corrected chi connectivity index (χ2v) is 4.45. The zero-order chi connectivity index (χ0) is 13.7. The lowest BCUT2D eigenvalue weighted by atomic mass is 10.3. The van der Waals surface area contributed by atoms with Crippen LogP contribution in [0.5, 0.6) is 5.75 Å². The van der Waals surface area contributed by atoms with Crippen molar-refractivity contribution in [3.8, 4) is 5.75 Å². The lowest BCUT2D eigenvalue weighted by Crippen LogP contribution is -2.50. The van der Waals surface area contributed by atoms with Gasteiger partial charge in [0.2, 0.25) is 5.91 Å². The maximum Gasteiger partial charge on any atom is 0.236 e. The number of hydrogen-bond donors (Lipinski definition) is 1. The molecule has 0 unspecified atom stereocenters. The zero-order valence-corrected chi connectivity index (χ0v) is 12.7. The number of nitrogens with one attached hydrogen (secondary N) is 1. The maximum absolute atomic E-state index is 11.8. The van der Waals surface area contributed by atoms with Crippen molar-refractivity contribution in [2.45, 2.75) is 0 Å². The van der Waals surface area contributed by atoms with E-state index >= 15 is 0 Å². The number of hydrogen-bond acceptors (Lipinski definition) is 5. The molecular formula is C13H21ClN4O2. The number of methoxy groups -OCH3 is 1. The van der Waals surface area contributed by atoms with E-state index in [9.17, 15) is 4.79 Å². The number of ether oxygens (including phenoxy) is 1. The summed E-state index contributed by atoms with van der Waals surface area (Å²) in [6, 6.07) is 3.75. The highest BCUT2D eigenvalue weighted by Gasteiger charge is 2.21. The summed E-state index contributed by atoms with van der Waals surface area (Å²) in [6.07, 6.45) is 1.74. The predicted molar refractivity (Wildman–Crippen MR) is 80.8 cm³/mol. The molecule has 1 amide bonds. The summed E-state index contributed by atoms with van der Waals surface area (Å²) in [6.45, 7) is 3.47. The van der Waals surface area contributed by atoms with Crippen molar-refractivity contribution in [2.75, 3.05) is 51.8 Å². The van der Waals surface area contributed by atoms with Crippen LogP contribution >= 0.6 is 12.4 Å². The van der Waals surface area contributed by atoms with Gasteiger partial charge >= 0.3 is 0 Å². The number of carbonyl (C=O) groups excluding carboxylic acids is 1. The molecule has 0 radical (unpaired) electrons. The fourth-order valence-electron chi connectivity index (χ4n) is 2.15. The number of aromatic nitrogens is 1. The van der Waals surface area contributed by atoms with Crippen molar-refractivity contribution >= 4 is 24.1 Å². The van der Waals surface area contributed by atoms with E-state index in [-0.39, 0.29) is 18.3 Å². The summed E-state index contributed by atoms with van der Waals surface area (Å²) in [5.74, 6) is 1.86. The van der Waals surface area contributed by atoms with Crippen molar-refractivity contribution in [3.05, 3.63) is 18.3 Å². The second-order valence-electron chi connectivity index (χ2n) is 4.45. The smallest absolute Gasteiger partial charge is 0.236 e. The minimum absolute atomic E-state index is 0. The van der Waals surface area contributed by atoms with Crippen LogP contribution < -0.4 is 15.0 Å². The molecule has 1 saturated heterocycles. The van der Waals surface area contributed by atoms with Crippen LogP contribution in [0.1, 0.15) is 0 Å². The highest BCUT2D eigenvalue weighted by molar-refractivity contribution is 5.85. The minimum Gasteiger partial charge on any atom is -0.497 e. The number of halogens is 1. The quantitative estimate of drug-likeness (QED) is 0.871. The van der Waals surface area contributed by atoms with Gasteiger partial charge in [-0.3, -0.25) is 4.79 Å². The number of pyridine rings is 1. The molecule has 1 aromatic heterocycles. The number of amides is 1. The number of piperazine rings is 1. The molecular weight excluding hydrogens is 280 g/mol. The Morgan fingerprint density at radius 2 is 2.10 bits per heavy atom. The van der Waals surface area contributed by atoms with E-state index in [0.717, 1.165) is 37.7 Å². The lowest BCUT2D eigenvalue weighted by molar-refractivity contribution is -0.130. The summed E-state index contributed by atoms with van der Waals surface area (Å²) in [5, 5.41) is 2.89. The maximum atomic E-state index is 11.8. The van der Waals surface area contributed by atoms with Crippen molar-refractivity contribution < 1.29 is 9.53 Å². The first-order valence-corrected chi connectivity index (χ1v) is 6.42. The van der Waals surface area contributed by atoms with Crippen molar-refractivity contribution in [1.82, 2.24) is 15.2 Å². The van der Waals surface area contributed by atoms with Gasteiger partial charge in [-0.15, -0.1) is 12.4 Å². The van der Waals surface area contributed by atoms with Crippen molar-refractivity contribution in [1.29, 1.82) is 0 Å². The summed E-state index contributed by atoms with van der Waals surface area (Å²) < 4.78 is 5.20. The highest BCUT2D eigenvalue weighted by atomic mass is 35.5. The molecule has 6 nitrogen and oxygen atoms in total. The van der Waals surface area contributed by atoms with Crippen LogP contribution in [0.2, 0.25) is 0 Å². The molecule has 112 valence electrons. The third kappa shape index (κ3) is 3.98. The Hall–Kier alpha value is -1.53. The van der Waals surface area contributed by atoms with Gasteiger partial charge in [-0.25, -0.2) is 4.98 Å². The van der Waals surface area contributed by atoms with Gasteiger partial charge < -0.3 is 19.9 Å². The van der Waals surface area contributed by atoms with E-state index < -0.39 is 0 Å². The molecule has 20 heavy (non-hydrogen) atoms. The van der Waals surface area contributed by atoms with Gasteiger partial charge in [0.05, 0.1) is 13.7 Å². The van der Waals surface area contributed by atoms with E-state index in [1.807, 2.05) is 17.0 Å². The molecule has 1 aliphatic heterocycles. The fraction of sp³-hybridized carbons (Fsp3) is 0.538. The van der Waals surface area contributed by atoms with Crippen LogP contribution in [-0.4, -0.2) is 62.7 Å². The molecule has 2 rings (SSSR count). The van der Waals surface area contributed by atoms with Gasteiger partial charge in [0.1, 0.15) is 11.6 Å². The van der Waals surface area contributed by atoms with Crippen LogP contribution in [-0.2, 0) is 4.79 Å². The van der Waals surface area contributed by atoms with E-state index in [1.54, 1.807) is 20.4 Å². The first-order valence-electron chi connectivity index (χ1n) is 6.42. The summed E-state index contributed by atoms with van der Waals surface area (Å²) in [4.78, 5) is 20.2. The normalized spacial score (nSPS) is 14.7. The van der Waals surface area contributed by atoms with Crippen LogP contribution in [0, 0.1) is 0 Å². The zero-order valence-electron chi connectivity index (χ0n) is 11.8. The fourth-order valence-corrected chi connectivity index (χ4v) is 2.15. The van der Waals surface area contributed by atoms with Gasteiger partial charge in [-0.1, -0.05) is 0 Å². The third-order valence-corrected chi connectivity index (χ3v) is 3.24. The molecule has 1 N–H and O–H groups in total. The molecule has 7 heteroatoms. The second kappa shape index (κ2) is 7.91. The first kappa shape index (κ1) is 16.5. The largest absolute Gasteiger partial charge is 0.497 e. The van der Waals surface area contributed by atoms with Gasteiger partial charge in [-0.05, 0) is 13.1 Å². The standard InChI is InChI=1S/C13H20N4O2.ClH/c1-14-10-13(18)17-7-5-16(6-8-17)12-9-11(19-2)3-4-15-12;/h3-4,9,14H,5-8,10H2,1-2H3;1H. The Balaban J connectivity index is 0.00000200. The van der Waals surface area contributed by atoms with Gasteiger partial charge in [-0.2, -0.15) is 0 Å². The average Bonchev–Trinajstić information content (AvgIpc) is 2.48. The molecule has 1 aliphatic rings.